The van der Waals surface area contributed by atoms with Gasteiger partial charge in [0.2, 0.25) is 0 Å². The molecule has 0 heterocycles. The molecule has 0 bridgehead atoms. The predicted octanol–water partition coefficient (Wildman–Crippen LogP) is 4.68. The van der Waals surface area contributed by atoms with Gasteiger partial charge in [-0.15, -0.1) is 0 Å². The van der Waals surface area contributed by atoms with Gasteiger partial charge in [-0.2, -0.15) is 0 Å². The van der Waals surface area contributed by atoms with E-state index in [4.69, 9.17) is 0 Å². The van der Waals surface area contributed by atoms with E-state index in [1.165, 1.54) is 12.0 Å². The highest BCUT2D eigenvalue weighted by Gasteiger charge is 2.54. The molecule has 0 aromatic heterocycles. The average Bonchev–Trinajstić information content (AvgIpc) is 2.35. The molecule has 2 aliphatic carbocycles. The minimum atomic E-state index is -0.198. The van der Waals surface area contributed by atoms with E-state index >= 15 is 0 Å². The first kappa shape index (κ1) is 17.5. The first-order valence-corrected chi connectivity index (χ1v) is 8.67. The van der Waals surface area contributed by atoms with Crippen LogP contribution in [0.5, 0.6) is 0 Å². The van der Waals surface area contributed by atoms with Crippen molar-refractivity contribution in [2.75, 3.05) is 0 Å². The molecule has 0 aromatic rings. The van der Waals surface area contributed by atoms with Gasteiger partial charge in [-0.05, 0) is 74.2 Å². The first-order chi connectivity index (χ1) is 10.2. The zero-order chi connectivity index (χ0) is 16.5. The Morgan fingerprint density at radius 2 is 2.05 bits per heavy atom. The molecule has 0 radical (unpaired) electrons. The minimum Gasteiger partial charge on any atom is -0.393 e. The molecule has 2 aliphatic rings. The molecule has 2 rings (SSSR count). The lowest BCUT2D eigenvalue weighted by Gasteiger charge is -2.59. The molecule has 2 heteroatoms. The van der Waals surface area contributed by atoms with E-state index < -0.39 is 0 Å². The maximum atomic E-state index is 10.6. The van der Waals surface area contributed by atoms with Crippen molar-refractivity contribution in [1.82, 2.24) is 0 Å². The summed E-state index contributed by atoms with van der Waals surface area (Å²) in [6, 6.07) is 0. The molecular formula is C20H32O2. The third-order valence-electron chi connectivity index (χ3n) is 6.40. The number of fused-ring (bicyclic) bond motifs is 1. The van der Waals surface area contributed by atoms with Gasteiger partial charge in [-0.3, -0.25) is 4.79 Å². The van der Waals surface area contributed by atoms with Gasteiger partial charge in [-0.1, -0.05) is 38.5 Å². The number of aliphatic hydroxyl groups excluding tert-OH is 1. The van der Waals surface area contributed by atoms with Crippen molar-refractivity contribution < 1.29 is 9.90 Å². The first-order valence-electron chi connectivity index (χ1n) is 8.67. The van der Waals surface area contributed by atoms with Gasteiger partial charge in [0, 0.05) is 0 Å². The minimum absolute atomic E-state index is 0.137. The Balaban J connectivity index is 2.24. The number of carbonyl (C=O) groups excluding carboxylic acids is 1. The second-order valence-electron chi connectivity index (χ2n) is 8.55. The van der Waals surface area contributed by atoms with Gasteiger partial charge in [0.25, 0.3) is 0 Å². The number of carbonyl (C=O) groups is 1. The average molecular weight is 304 g/mol. The van der Waals surface area contributed by atoms with E-state index in [-0.39, 0.29) is 16.9 Å². The van der Waals surface area contributed by atoms with Crippen LogP contribution in [0.2, 0.25) is 0 Å². The molecule has 4 atom stereocenters. The second kappa shape index (κ2) is 6.31. The number of allylic oxidation sites excluding steroid dienone is 3. The maximum Gasteiger partial charge on any atom is 0.142 e. The molecule has 0 aliphatic heterocycles. The summed E-state index contributed by atoms with van der Waals surface area (Å²) in [5.41, 5.74) is 2.82. The highest BCUT2D eigenvalue weighted by Crippen LogP contribution is 2.61. The molecule has 0 amide bonds. The standard InChI is InChI=1S/C20H32O2/c1-14(10-11-21)6-8-17-15(2)7-9-18-19(3,4)12-16(22)13-20(17,18)5/h10-11,16-18,22H,2,6-9,12-13H2,1,3-5H3/b14-10+/t16-,17-,18-,20+/m1/s1. The Morgan fingerprint density at radius 1 is 1.36 bits per heavy atom. The van der Waals surface area contributed by atoms with Crippen LogP contribution in [0.1, 0.15) is 66.2 Å². The molecule has 2 fully saturated rings. The van der Waals surface area contributed by atoms with Crippen molar-refractivity contribution in [3.05, 3.63) is 23.8 Å². The smallest absolute Gasteiger partial charge is 0.142 e. The van der Waals surface area contributed by atoms with Crippen LogP contribution in [0.4, 0.5) is 0 Å². The van der Waals surface area contributed by atoms with Crippen LogP contribution < -0.4 is 0 Å². The number of hydrogen-bond acceptors (Lipinski definition) is 2. The van der Waals surface area contributed by atoms with Crippen molar-refractivity contribution in [2.24, 2.45) is 22.7 Å². The summed E-state index contributed by atoms with van der Waals surface area (Å²) in [6.07, 6.45) is 8.46. The summed E-state index contributed by atoms with van der Waals surface area (Å²) in [4.78, 5) is 10.6. The normalized spacial score (nSPS) is 38.5. The monoisotopic (exact) mass is 304 g/mol. The SMILES string of the molecule is C=C1CC[C@@H]2C(C)(C)C[C@@H](O)C[C@@]2(C)[C@@H]1CC/C(C)=C/C=O. The zero-order valence-corrected chi connectivity index (χ0v) is 14.7. The topological polar surface area (TPSA) is 37.3 Å². The van der Waals surface area contributed by atoms with Gasteiger partial charge in [0.1, 0.15) is 6.29 Å². The largest absolute Gasteiger partial charge is 0.393 e. The Kier molecular flexibility index (Phi) is 5.01. The summed E-state index contributed by atoms with van der Waals surface area (Å²) in [6.45, 7) is 13.4. The van der Waals surface area contributed by atoms with Gasteiger partial charge < -0.3 is 5.11 Å². The molecule has 0 aromatic carbocycles. The molecule has 0 unspecified atom stereocenters. The van der Waals surface area contributed by atoms with Crippen LogP contribution in [0.25, 0.3) is 0 Å². The zero-order valence-electron chi connectivity index (χ0n) is 14.7. The van der Waals surface area contributed by atoms with E-state index in [2.05, 4.69) is 27.4 Å². The van der Waals surface area contributed by atoms with Gasteiger partial charge in [0.15, 0.2) is 0 Å². The second-order valence-corrected chi connectivity index (χ2v) is 8.55. The number of rotatable bonds is 4. The fraction of sp³-hybridized carbons (Fsp3) is 0.750. The fourth-order valence-electron chi connectivity index (χ4n) is 5.55. The Morgan fingerprint density at radius 3 is 2.68 bits per heavy atom. The fourth-order valence-corrected chi connectivity index (χ4v) is 5.55. The summed E-state index contributed by atoms with van der Waals surface area (Å²) >= 11 is 0. The van der Waals surface area contributed by atoms with Crippen LogP contribution in [0.15, 0.2) is 23.8 Å². The van der Waals surface area contributed by atoms with Crippen LogP contribution in [-0.2, 0) is 4.79 Å². The molecule has 2 saturated carbocycles. The number of hydrogen-bond donors (Lipinski definition) is 1. The van der Waals surface area contributed by atoms with Crippen LogP contribution in [-0.4, -0.2) is 17.5 Å². The van der Waals surface area contributed by atoms with Crippen LogP contribution >= 0.6 is 0 Å². The third-order valence-corrected chi connectivity index (χ3v) is 6.40. The third kappa shape index (κ3) is 3.22. The van der Waals surface area contributed by atoms with Crippen molar-refractivity contribution in [2.45, 2.75) is 72.3 Å². The number of aldehydes is 1. The summed E-state index contributed by atoms with van der Waals surface area (Å²) in [5.74, 6) is 1.10. The number of aliphatic hydroxyl groups is 1. The van der Waals surface area contributed by atoms with Crippen LogP contribution in [0, 0.1) is 22.7 Å². The quantitative estimate of drug-likeness (QED) is 0.465. The van der Waals surface area contributed by atoms with Crippen molar-refractivity contribution in [3.63, 3.8) is 0 Å². The lowest BCUT2D eigenvalue weighted by molar-refractivity contribution is -0.105. The van der Waals surface area contributed by atoms with E-state index in [1.54, 1.807) is 6.08 Å². The maximum absolute atomic E-state index is 10.6. The molecule has 2 nitrogen and oxygen atoms in total. The molecule has 124 valence electrons. The molecule has 22 heavy (non-hydrogen) atoms. The van der Waals surface area contributed by atoms with E-state index in [0.29, 0.717) is 11.8 Å². The van der Waals surface area contributed by atoms with E-state index in [9.17, 15) is 9.90 Å². The molecule has 1 N–H and O–H groups in total. The summed E-state index contributed by atoms with van der Waals surface area (Å²) < 4.78 is 0. The highest BCUT2D eigenvalue weighted by atomic mass is 16.3. The molecule has 0 spiro atoms. The lowest BCUT2D eigenvalue weighted by atomic mass is 9.46. The van der Waals surface area contributed by atoms with Gasteiger partial charge >= 0.3 is 0 Å². The van der Waals surface area contributed by atoms with Crippen molar-refractivity contribution >= 4 is 6.29 Å². The van der Waals surface area contributed by atoms with Gasteiger partial charge in [0.05, 0.1) is 6.10 Å². The Hall–Kier alpha value is -0.890. The summed E-state index contributed by atoms with van der Waals surface area (Å²) in [5, 5.41) is 10.4. The highest BCUT2D eigenvalue weighted by molar-refractivity contribution is 5.65. The van der Waals surface area contributed by atoms with Gasteiger partial charge in [-0.25, -0.2) is 0 Å². The Labute approximate surface area is 135 Å². The van der Waals surface area contributed by atoms with Crippen molar-refractivity contribution in [3.8, 4) is 0 Å². The molecule has 0 saturated heterocycles. The van der Waals surface area contributed by atoms with Crippen molar-refractivity contribution in [1.29, 1.82) is 0 Å². The predicted molar refractivity (Wildman–Crippen MR) is 91.5 cm³/mol. The van der Waals surface area contributed by atoms with E-state index in [0.717, 1.165) is 44.0 Å². The van der Waals surface area contributed by atoms with Crippen LogP contribution in [0.3, 0.4) is 0 Å². The van der Waals surface area contributed by atoms with E-state index in [1.807, 2.05) is 6.92 Å². The lowest BCUT2D eigenvalue weighted by Crippen LogP contribution is -2.53. The summed E-state index contributed by atoms with van der Waals surface area (Å²) in [7, 11) is 0. The Bertz CT molecular complexity index is 474. The molecular weight excluding hydrogens is 272 g/mol.